The van der Waals surface area contributed by atoms with Crippen LogP contribution >= 0.6 is 0 Å². The predicted molar refractivity (Wildman–Crippen MR) is 108 cm³/mol. The van der Waals surface area contributed by atoms with Crippen molar-refractivity contribution in [2.45, 2.75) is 33.2 Å². The summed E-state index contributed by atoms with van der Waals surface area (Å²) in [7, 11) is -3.00. The first-order valence-corrected chi connectivity index (χ1v) is 10.9. The highest BCUT2D eigenvalue weighted by Gasteiger charge is 2.31. The Bertz CT molecular complexity index is 1270. The second-order valence-corrected chi connectivity index (χ2v) is 9.35. The van der Waals surface area contributed by atoms with Crippen LogP contribution in [-0.4, -0.2) is 45.6 Å². The maximum absolute atomic E-state index is 12.7. The van der Waals surface area contributed by atoms with Gasteiger partial charge in [-0.05, 0) is 39.3 Å². The molecule has 0 bridgehead atoms. The zero-order chi connectivity index (χ0) is 20.1. The molecule has 8 nitrogen and oxygen atoms in total. The lowest BCUT2D eigenvalue weighted by Gasteiger charge is -2.10. The van der Waals surface area contributed by atoms with Gasteiger partial charge in [0.1, 0.15) is 5.82 Å². The third kappa shape index (κ3) is 3.15. The fourth-order valence-corrected chi connectivity index (χ4v) is 5.36. The van der Waals surface area contributed by atoms with Gasteiger partial charge < -0.3 is 0 Å². The van der Waals surface area contributed by atoms with Gasteiger partial charge in [0.05, 0.1) is 40.4 Å². The zero-order valence-corrected chi connectivity index (χ0v) is 16.8. The Kier molecular flexibility index (Phi) is 4.41. The minimum absolute atomic E-state index is 0.110. The van der Waals surface area contributed by atoms with Gasteiger partial charge in [-0.1, -0.05) is 12.1 Å². The molecule has 0 saturated carbocycles. The van der Waals surface area contributed by atoms with Crippen molar-refractivity contribution in [3.05, 3.63) is 57.4 Å². The van der Waals surface area contributed by atoms with Crippen LogP contribution in [-0.2, 0) is 9.84 Å². The predicted octanol–water partition coefficient (Wildman–Crippen LogP) is 1.76. The number of rotatable bonds is 3. The van der Waals surface area contributed by atoms with Gasteiger partial charge in [0.15, 0.2) is 9.84 Å². The topological polar surface area (TPSA) is 99.2 Å². The summed E-state index contributed by atoms with van der Waals surface area (Å²) in [6, 6.07) is 7.00. The Hall–Kier alpha value is -2.81. The maximum atomic E-state index is 12.7. The van der Waals surface area contributed by atoms with E-state index in [2.05, 4.69) is 15.2 Å². The number of sulfone groups is 1. The van der Waals surface area contributed by atoms with Crippen molar-refractivity contribution in [1.82, 2.24) is 19.4 Å². The van der Waals surface area contributed by atoms with E-state index in [4.69, 9.17) is 0 Å². The molecule has 0 N–H and O–H groups in total. The number of fused-ring (bicyclic) bond motifs is 1. The van der Waals surface area contributed by atoms with E-state index < -0.39 is 9.84 Å². The van der Waals surface area contributed by atoms with Gasteiger partial charge in [-0.25, -0.2) is 13.4 Å². The molecule has 9 heteroatoms. The van der Waals surface area contributed by atoms with E-state index in [0.29, 0.717) is 23.1 Å². The number of aryl methyl sites for hydroxylation is 2. The van der Waals surface area contributed by atoms with Gasteiger partial charge >= 0.3 is 0 Å². The highest BCUT2D eigenvalue weighted by molar-refractivity contribution is 7.91. The van der Waals surface area contributed by atoms with Crippen molar-refractivity contribution in [2.75, 3.05) is 11.5 Å². The molecular weight excluding hydrogens is 378 g/mol. The first-order valence-electron chi connectivity index (χ1n) is 9.06. The highest BCUT2D eigenvalue weighted by atomic mass is 32.2. The largest absolute Gasteiger partial charge is 0.282 e. The Labute approximate surface area is 162 Å². The minimum Gasteiger partial charge on any atom is -0.267 e. The molecule has 1 atom stereocenters. The van der Waals surface area contributed by atoms with Gasteiger partial charge in [-0.2, -0.15) is 14.9 Å². The molecule has 3 heterocycles. The average Bonchev–Trinajstić information content (AvgIpc) is 3.14. The second kappa shape index (κ2) is 6.66. The SMILES string of the molecule is Cc1nn([C@H]2CCS(=O)(=O)C2)c(C)c1/C=N\n1c(C)nc2ccccc2c1=O. The standard InChI is InChI=1S/C19H21N5O3S/c1-12-17(13(2)23(22-12)15-8-9-28(26,27)11-15)10-20-24-14(3)21-18-7-5-4-6-16(18)19(24)25/h4-7,10,15H,8-9,11H2,1-3H3/b20-10-/t15-/m0/s1. The van der Waals surface area contributed by atoms with Crippen LogP contribution in [0.15, 0.2) is 34.2 Å². The lowest BCUT2D eigenvalue weighted by atomic mass is 10.2. The smallest absolute Gasteiger partial charge is 0.267 e. The van der Waals surface area contributed by atoms with E-state index in [1.54, 1.807) is 36.0 Å². The van der Waals surface area contributed by atoms with Crippen LogP contribution in [0.2, 0.25) is 0 Å². The highest BCUT2D eigenvalue weighted by Crippen LogP contribution is 2.26. The summed E-state index contributed by atoms with van der Waals surface area (Å²) in [4.78, 5) is 17.2. The Balaban J connectivity index is 1.73. The van der Waals surface area contributed by atoms with Crippen molar-refractivity contribution in [3.8, 4) is 0 Å². The van der Waals surface area contributed by atoms with Gasteiger partial charge in [0, 0.05) is 11.3 Å². The van der Waals surface area contributed by atoms with Crippen LogP contribution in [0, 0.1) is 20.8 Å². The fraction of sp³-hybridized carbons (Fsp3) is 0.368. The molecule has 4 rings (SSSR count). The Morgan fingerprint density at radius 3 is 2.68 bits per heavy atom. The molecule has 0 spiro atoms. The monoisotopic (exact) mass is 399 g/mol. The van der Waals surface area contributed by atoms with Crippen LogP contribution in [0.4, 0.5) is 0 Å². The molecule has 1 saturated heterocycles. The maximum Gasteiger partial charge on any atom is 0.282 e. The van der Waals surface area contributed by atoms with Crippen LogP contribution in [0.1, 0.15) is 35.2 Å². The van der Waals surface area contributed by atoms with E-state index in [1.807, 2.05) is 19.9 Å². The lowest BCUT2D eigenvalue weighted by Crippen LogP contribution is -2.20. The number of aromatic nitrogens is 4. The summed E-state index contributed by atoms with van der Waals surface area (Å²) in [5.74, 6) is 0.791. The van der Waals surface area contributed by atoms with Crippen molar-refractivity contribution in [1.29, 1.82) is 0 Å². The third-order valence-electron chi connectivity index (χ3n) is 5.15. The Morgan fingerprint density at radius 2 is 1.96 bits per heavy atom. The average molecular weight is 399 g/mol. The second-order valence-electron chi connectivity index (χ2n) is 7.12. The molecule has 0 radical (unpaired) electrons. The summed E-state index contributed by atoms with van der Waals surface area (Å²) in [5.41, 5.74) is 2.76. The lowest BCUT2D eigenvalue weighted by molar-refractivity contribution is 0.486. The summed E-state index contributed by atoms with van der Waals surface area (Å²) in [6.45, 7) is 5.47. The molecule has 1 fully saturated rings. The molecule has 1 aliphatic rings. The summed E-state index contributed by atoms with van der Waals surface area (Å²) >= 11 is 0. The first kappa shape index (κ1) is 18.5. The summed E-state index contributed by atoms with van der Waals surface area (Å²) in [5, 5.41) is 9.39. The van der Waals surface area contributed by atoms with Gasteiger partial charge in [0.25, 0.3) is 5.56 Å². The van der Waals surface area contributed by atoms with Crippen molar-refractivity contribution < 1.29 is 8.42 Å². The number of benzene rings is 1. The first-order chi connectivity index (χ1) is 13.3. The quantitative estimate of drug-likeness (QED) is 0.625. The van der Waals surface area contributed by atoms with Crippen LogP contribution in [0.5, 0.6) is 0 Å². The van der Waals surface area contributed by atoms with Crippen molar-refractivity contribution >= 4 is 27.0 Å². The molecule has 1 aliphatic heterocycles. The van der Waals surface area contributed by atoms with Crippen LogP contribution < -0.4 is 5.56 Å². The molecule has 2 aromatic heterocycles. The normalized spacial score (nSPS) is 19.0. The molecular formula is C19H21N5O3S. The van der Waals surface area contributed by atoms with Gasteiger partial charge in [-0.15, -0.1) is 0 Å². The molecule has 1 aromatic carbocycles. The van der Waals surface area contributed by atoms with E-state index >= 15 is 0 Å². The zero-order valence-electron chi connectivity index (χ0n) is 16.0. The summed E-state index contributed by atoms with van der Waals surface area (Å²) < 4.78 is 26.6. The molecule has 3 aromatic rings. The third-order valence-corrected chi connectivity index (χ3v) is 6.90. The number of hydrogen-bond acceptors (Lipinski definition) is 6. The molecule has 0 amide bonds. The van der Waals surface area contributed by atoms with E-state index in [1.165, 1.54) is 4.68 Å². The van der Waals surface area contributed by atoms with Gasteiger partial charge in [-0.3, -0.25) is 9.48 Å². The van der Waals surface area contributed by atoms with Crippen LogP contribution in [0.25, 0.3) is 10.9 Å². The molecule has 146 valence electrons. The molecule has 28 heavy (non-hydrogen) atoms. The van der Waals surface area contributed by atoms with Gasteiger partial charge in [0.2, 0.25) is 0 Å². The van der Waals surface area contributed by atoms with E-state index in [0.717, 1.165) is 17.0 Å². The van der Waals surface area contributed by atoms with Crippen molar-refractivity contribution in [3.63, 3.8) is 0 Å². The molecule has 0 aliphatic carbocycles. The Morgan fingerprint density at radius 1 is 1.21 bits per heavy atom. The van der Waals surface area contributed by atoms with Crippen molar-refractivity contribution in [2.24, 2.45) is 5.10 Å². The number of nitrogens with zero attached hydrogens (tertiary/aromatic N) is 5. The molecule has 0 unspecified atom stereocenters. The van der Waals surface area contributed by atoms with E-state index in [-0.39, 0.29) is 23.1 Å². The van der Waals surface area contributed by atoms with Crippen LogP contribution in [0.3, 0.4) is 0 Å². The van der Waals surface area contributed by atoms with E-state index in [9.17, 15) is 13.2 Å². The summed E-state index contributed by atoms with van der Waals surface area (Å²) in [6.07, 6.45) is 2.16. The minimum atomic E-state index is -3.00. The number of para-hydroxylation sites is 1. The number of hydrogen-bond donors (Lipinski definition) is 0. The fourth-order valence-electron chi connectivity index (χ4n) is 3.67.